The third kappa shape index (κ3) is 3.63. The zero-order chi connectivity index (χ0) is 18.0. The molecule has 0 saturated carbocycles. The summed E-state index contributed by atoms with van der Waals surface area (Å²) in [5.41, 5.74) is 4.31. The van der Waals surface area contributed by atoms with Crippen molar-refractivity contribution in [3.05, 3.63) is 52.7 Å². The minimum absolute atomic E-state index is 0.0422. The van der Waals surface area contributed by atoms with Gasteiger partial charge in [0.1, 0.15) is 0 Å². The topological polar surface area (TPSA) is 71.5 Å². The second-order valence-corrected chi connectivity index (χ2v) is 6.14. The first-order chi connectivity index (χ1) is 12.0. The second-order valence-electron chi connectivity index (χ2n) is 6.14. The van der Waals surface area contributed by atoms with Crippen molar-refractivity contribution < 1.29 is 14.3 Å². The van der Waals surface area contributed by atoms with Gasteiger partial charge in [0.25, 0.3) is 5.91 Å². The van der Waals surface area contributed by atoms with Gasteiger partial charge in [0.05, 0.1) is 7.11 Å². The number of pyridine rings is 1. The van der Waals surface area contributed by atoms with Crippen LogP contribution in [0.25, 0.3) is 0 Å². The highest BCUT2D eigenvalue weighted by molar-refractivity contribution is 5.95. The third-order valence-corrected chi connectivity index (χ3v) is 4.25. The Kier molecular flexibility index (Phi) is 4.70. The summed E-state index contributed by atoms with van der Waals surface area (Å²) >= 11 is 0. The molecule has 0 fully saturated rings. The van der Waals surface area contributed by atoms with Crippen LogP contribution in [0.5, 0.6) is 5.88 Å². The number of methoxy groups -OCH3 is 1. The van der Waals surface area contributed by atoms with Gasteiger partial charge in [-0.25, -0.2) is 4.98 Å². The van der Waals surface area contributed by atoms with Gasteiger partial charge in [-0.3, -0.25) is 9.59 Å². The van der Waals surface area contributed by atoms with E-state index in [1.165, 1.54) is 14.0 Å². The lowest BCUT2D eigenvalue weighted by molar-refractivity contribution is -0.114. The molecule has 130 valence electrons. The van der Waals surface area contributed by atoms with Crippen LogP contribution in [0.3, 0.4) is 0 Å². The maximum absolute atomic E-state index is 12.9. The fourth-order valence-electron chi connectivity index (χ4n) is 3.14. The average molecular weight is 339 g/mol. The molecule has 1 aromatic heterocycles. The van der Waals surface area contributed by atoms with Crippen molar-refractivity contribution in [2.24, 2.45) is 0 Å². The lowest BCUT2D eigenvalue weighted by atomic mass is 9.97. The first kappa shape index (κ1) is 17.0. The molecule has 1 aliphatic rings. The minimum Gasteiger partial charge on any atom is -0.481 e. The fraction of sp³-hybridized carbons (Fsp3) is 0.316. The van der Waals surface area contributed by atoms with Crippen LogP contribution in [0.4, 0.5) is 5.69 Å². The SMILES string of the molecule is COc1cc(C(=O)N2CCc3c(cccc3NC(C)=O)C2)cc(C)n1. The Morgan fingerprint density at radius 2 is 2.08 bits per heavy atom. The summed E-state index contributed by atoms with van der Waals surface area (Å²) in [4.78, 5) is 30.3. The number of fused-ring (bicyclic) bond motifs is 1. The summed E-state index contributed by atoms with van der Waals surface area (Å²) in [7, 11) is 1.54. The molecule has 2 amide bonds. The number of hydrogen-bond donors (Lipinski definition) is 1. The molecule has 0 aliphatic carbocycles. The quantitative estimate of drug-likeness (QED) is 0.933. The van der Waals surface area contributed by atoms with E-state index in [9.17, 15) is 9.59 Å². The van der Waals surface area contributed by atoms with E-state index in [-0.39, 0.29) is 11.8 Å². The van der Waals surface area contributed by atoms with Crippen LogP contribution in [0, 0.1) is 6.92 Å². The largest absolute Gasteiger partial charge is 0.481 e. The number of anilines is 1. The molecular weight excluding hydrogens is 318 g/mol. The maximum Gasteiger partial charge on any atom is 0.254 e. The second kappa shape index (κ2) is 6.93. The van der Waals surface area contributed by atoms with Crippen molar-refractivity contribution in [3.8, 4) is 5.88 Å². The highest BCUT2D eigenvalue weighted by atomic mass is 16.5. The molecule has 6 heteroatoms. The summed E-state index contributed by atoms with van der Waals surface area (Å²) in [5, 5.41) is 2.86. The first-order valence-electron chi connectivity index (χ1n) is 8.18. The van der Waals surface area contributed by atoms with Crippen molar-refractivity contribution in [1.82, 2.24) is 9.88 Å². The maximum atomic E-state index is 12.9. The molecule has 1 aromatic carbocycles. The number of rotatable bonds is 3. The van der Waals surface area contributed by atoms with Gasteiger partial charge in [-0.15, -0.1) is 0 Å². The van der Waals surface area contributed by atoms with E-state index in [0.29, 0.717) is 31.0 Å². The Hall–Kier alpha value is -2.89. The number of carbonyl (C=O) groups excluding carboxylic acids is 2. The normalized spacial score (nSPS) is 13.2. The van der Waals surface area contributed by atoms with Gasteiger partial charge >= 0.3 is 0 Å². The van der Waals surface area contributed by atoms with Crippen molar-refractivity contribution in [3.63, 3.8) is 0 Å². The number of nitrogens with one attached hydrogen (secondary N) is 1. The van der Waals surface area contributed by atoms with Crippen molar-refractivity contribution >= 4 is 17.5 Å². The Labute approximate surface area is 146 Å². The summed E-state index contributed by atoms with van der Waals surface area (Å²) in [6.07, 6.45) is 0.707. The molecule has 0 bridgehead atoms. The van der Waals surface area contributed by atoms with Crippen LogP contribution in [-0.4, -0.2) is 35.4 Å². The van der Waals surface area contributed by atoms with E-state index in [0.717, 1.165) is 22.5 Å². The Balaban J connectivity index is 1.84. The van der Waals surface area contributed by atoms with Crippen LogP contribution < -0.4 is 10.1 Å². The number of ether oxygens (including phenoxy) is 1. The summed E-state index contributed by atoms with van der Waals surface area (Å²) < 4.78 is 5.16. The standard InChI is InChI=1S/C19H21N3O3/c1-12-9-15(10-18(20-12)25-3)19(24)22-8-7-16-14(11-22)5-4-6-17(16)21-13(2)23/h4-6,9-10H,7-8,11H2,1-3H3,(H,21,23). The monoisotopic (exact) mass is 339 g/mol. The first-order valence-corrected chi connectivity index (χ1v) is 8.18. The van der Waals surface area contributed by atoms with Crippen LogP contribution in [-0.2, 0) is 17.8 Å². The van der Waals surface area contributed by atoms with E-state index in [4.69, 9.17) is 4.74 Å². The molecule has 0 spiro atoms. The molecule has 1 aliphatic heterocycles. The number of benzene rings is 1. The lowest BCUT2D eigenvalue weighted by Crippen LogP contribution is -2.36. The number of amides is 2. The number of hydrogen-bond acceptors (Lipinski definition) is 4. The molecule has 0 unspecified atom stereocenters. The molecule has 1 N–H and O–H groups in total. The third-order valence-electron chi connectivity index (χ3n) is 4.25. The number of aromatic nitrogens is 1. The molecule has 6 nitrogen and oxygen atoms in total. The van der Waals surface area contributed by atoms with Gasteiger partial charge in [-0.1, -0.05) is 12.1 Å². The van der Waals surface area contributed by atoms with Gasteiger partial charge < -0.3 is 15.0 Å². The molecule has 2 heterocycles. The van der Waals surface area contributed by atoms with Gasteiger partial charge in [0, 0.05) is 43.0 Å². The van der Waals surface area contributed by atoms with Crippen LogP contribution >= 0.6 is 0 Å². The molecule has 2 aromatic rings. The van der Waals surface area contributed by atoms with Gasteiger partial charge in [-0.2, -0.15) is 0 Å². The fourth-order valence-corrected chi connectivity index (χ4v) is 3.14. The van der Waals surface area contributed by atoms with E-state index < -0.39 is 0 Å². The minimum atomic E-state index is -0.0914. The van der Waals surface area contributed by atoms with Crippen molar-refractivity contribution in [2.45, 2.75) is 26.8 Å². The predicted octanol–water partition coefficient (Wildman–Crippen LogP) is 2.56. The molecule has 0 atom stereocenters. The van der Waals surface area contributed by atoms with Crippen molar-refractivity contribution in [1.29, 1.82) is 0 Å². The predicted molar refractivity (Wildman–Crippen MR) is 94.7 cm³/mol. The molecule has 0 saturated heterocycles. The molecular formula is C19H21N3O3. The van der Waals surface area contributed by atoms with Crippen LogP contribution in [0.2, 0.25) is 0 Å². The molecule has 0 radical (unpaired) electrons. The lowest BCUT2D eigenvalue weighted by Gasteiger charge is -2.30. The smallest absolute Gasteiger partial charge is 0.254 e. The van der Waals surface area contributed by atoms with Gasteiger partial charge in [0.2, 0.25) is 11.8 Å². The number of aryl methyl sites for hydroxylation is 1. The zero-order valence-electron chi connectivity index (χ0n) is 14.6. The summed E-state index contributed by atoms with van der Waals surface area (Å²) in [6.45, 7) is 4.46. The highest BCUT2D eigenvalue weighted by Crippen LogP contribution is 2.27. The van der Waals surface area contributed by atoms with Gasteiger partial charge in [-0.05, 0) is 36.6 Å². The Morgan fingerprint density at radius 3 is 2.80 bits per heavy atom. The Morgan fingerprint density at radius 1 is 1.28 bits per heavy atom. The molecule has 3 rings (SSSR count). The van der Waals surface area contributed by atoms with Crippen molar-refractivity contribution in [2.75, 3.05) is 19.0 Å². The molecule has 25 heavy (non-hydrogen) atoms. The average Bonchev–Trinajstić information content (AvgIpc) is 2.59. The van der Waals surface area contributed by atoms with E-state index >= 15 is 0 Å². The van der Waals surface area contributed by atoms with E-state index in [2.05, 4.69) is 10.3 Å². The Bertz CT molecular complexity index is 833. The summed E-state index contributed by atoms with van der Waals surface area (Å²) in [5.74, 6) is 0.305. The zero-order valence-corrected chi connectivity index (χ0v) is 14.6. The van der Waals surface area contributed by atoms with Crippen LogP contribution in [0.1, 0.15) is 34.1 Å². The number of nitrogens with zero attached hydrogens (tertiary/aromatic N) is 2. The summed E-state index contributed by atoms with van der Waals surface area (Å²) in [6, 6.07) is 9.23. The highest BCUT2D eigenvalue weighted by Gasteiger charge is 2.24. The van der Waals surface area contributed by atoms with Crippen LogP contribution in [0.15, 0.2) is 30.3 Å². The van der Waals surface area contributed by atoms with E-state index in [1.807, 2.05) is 30.0 Å². The van der Waals surface area contributed by atoms with Gasteiger partial charge in [0.15, 0.2) is 0 Å². The van der Waals surface area contributed by atoms with E-state index in [1.54, 1.807) is 12.1 Å². The number of carbonyl (C=O) groups is 2.